The van der Waals surface area contributed by atoms with Crippen LogP contribution in [0.4, 0.5) is 0 Å². The largest absolute Gasteiger partial charge is 0.486 e. The monoisotopic (exact) mass is 327 g/mol. The molecule has 0 N–H and O–H groups in total. The van der Waals surface area contributed by atoms with E-state index in [9.17, 15) is 4.79 Å². The molecule has 0 unspecified atom stereocenters. The van der Waals surface area contributed by atoms with E-state index in [0.29, 0.717) is 19.6 Å². The van der Waals surface area contributed by atoms with E-state index in [1.54, 1.807) is 6.20 Å². The number of benzene rings is 1. The maximum atomic E-state index is 12.7. The Labute approximate surface area is 141 Å². The fourth-order valence-electron chi connectivity index (χ4n) is 3.38. The number of carbonyl (C=O) groups is 1. The van der Waals surface area contributed by atoms with Crippen LogP contribution >= 0.6 is 0 Å². The summed E-state index contributed by atoms with van der Waals surface area (Å²) in [6, 6.07) is 7.95. The first kappa shape index (κ1) is 15.1. The van der Waals surface area contributed by atoms with E-state index in [1.807, 2.05) is 40.0 Å². The molecule has 24 heavy (non-hydrogen) atoms. The lowest BCUT2D eigenvalue weighted by molar-refractivity contribution is -0.132. The highest BCUT2D eigenvalue weighted by atomic mass is 16.6. The SMILES string of the molecule is O=C(Cc1ccc2c(c1)OCCO2)N1CCC[C@H](n2cccn2)C1. The highest BCUT2D eigenvalue weighted by Gasteiger charge is 2.25. The zero-order valence-corrected chi connectivity index (χ0v) is 13.6. The average molecular weight is 327 g/mol. The van der Waals surface area contributed by atoms with Gasteiger partial charge in [0.2, 0.25) is 5.91 Å². The first-order chi connectivity index (χ1) is 11.8. The molecular formula is C18H21N3O3. The molecule has 6 nitrogen and oxygen atoms in total. The van der Waals surface area contributed by atoms with Crippen molar-refractivity contribution in [2.24, 2.45) is 0 Å². The Bertz CT molecular complexity index is 714. The summed E-state index contributed by atoms with van der Waals surface area (Å²) < 4.78 is 13.1. The van der Waals surface area contributed by atoms with Crippen molar-refractivity contribution in [1.82, 2.24) is 14.7 Å². The fourth-order valence-corrected chi connectivity index (χ4v) is 3.38. The topological polar surface area (TPSA) is 56.6 Å². The molecule has 2 aliphatic rings. The van der Waals surface area contributed by atoms with Gasteiger partial charge in [-0.2, -0.15) is 5.10 Å². The number of hydrogen-bond acceptors (Lipinski definition) is 4. The third kappa shape index (κ3) is 3.09. The lowest BCUT2D eigenvalue weighted by Gasteiger charge is -2.33. The molecule has 2 aliphatic heterocycles. The summed E-state index contributed by atoms with van der Waals surface area (Å²) in [5.41, 5.74) is 0.963. The number of rotatable bonds is 3. The summed E-state index contributed by atoms with van der Waals surface area (Å²) in [4.78, 5) is 14.6. The lowest BCUT2D eigenvalue weighted by Crippen LogP contribution is -2.41. The summed E-state index contributed by atoms with van der Waals surface area (Å²) in [7, 11) is 0. The van der Waals surface area contributed by atoms with Gasteiger partial charge in [-0.25, -0.2) is 0 Å². The van der Waals surface area contributed by atoms with Crippen LogP contribution in [-0.4, -0.2) is 46.9 Å². The molecule has 1 aromatic heterocycles. The maximum Gasteiger partial charge on any atom is 0.227 e. The predicted octanol–water partition coefficient (Wildman–Crippen LogP) is 2.06. The molecular weight excluding hydrogens is 306 g/mol. The molecule has 0 radical (unpaired) electrons. The third-order valence-electron chi connectivity index (χ3n) is 4.61. The Morgan fingerprint density at radius 1 is 1.25 bits per heavy atom. The molecule has 1 amide bonds. The van der Waals surface area contributed by atoms with Crippen LogP contribution in [0.25, 0.3) is 0 Å². The minimum Gasteiger partial charge on any atom is -0.486 e. The number of amides is 1. The van der Waals surface area contributed by atoms with Crippen molar-refractivity contribution < 1.29 is 14.3 Å². The van der Waals surface area contributed by atoms with Crippen LogP contribution in [0.2, 0.25) is 0 Å². The average Bonchev–Trinajstić information content (AvgIpc) is 3.16. The first-order valence-electron chi connectivity index (χ1n) is 8.45. The van der Waals surface area contributed by atoms with Crippen molar-refractivity contribution in [2.75, 3.05) is 26.3 Å². The Kier molecular flexibility index (Phi) is 4.11. The number of likely N-dealkylation sites (tertiary alicyclic amines) is 1. The van der Waals surface area contributed by atoms with Crippen molar-refractivity contribution in [3.05, 3.63) is 42.2 Å². The number of carbonyl (C=O) groups excluding carboxylic acids is 1. The molecule has 1 atom stereocenters. The summed E-state index contributed by atoms with van der Waals surface area (Å²) in [5, 5.41) is 4.31. The van der Waals surface area contributed by atoms with Gasteiger partial charge in [0.15, 0.2) is 11.5 Å². The highest BCUT2D eigenvalue weighted by molar-refractivity contribution is 5.79. The van der Waals surface area contributed by atoms with Gasteiger partial charge in [0.05, 0.1) is 12.5 Å². The predicted molar refractivity (Wildman–Crippen MR) is 88.2 cm³/mol. The van der Waals surface area contributed by atoms with Crippen molar-refractivity contribution in [3.8, 4) is 11.5 Å². The van der Waals surface area contributed by atoms with Crippen LogP contribution in [0, 0.1) is 0 Å². The summed E-state index contributed by atoms with van der Waals surface area (Å²) in [6.45, 7) is 2.68. The highest BCUT2D eigenvalue weighted by Crippen LogP contribution is 2.31. The van der Waals surface area contributed by atoms with Gasteiger partial charge in [-0.3, -0.25) is 9.48 Å². The number of nitrogens with zero attached hydrogens (tertiary/aromatic N) is 3. The van der Waals surface area contributed by atoms with E-state index in [4.69, 9.17) is 9.47 Å². The van der Waals surface area contributed by atoms with Gasteiger partial charge in [0.1, 0.15) is 13.2 Å². The Balaban J connectivity index is 1.42. The Hall–Kier alpha value is -2.50. The van der Waals surface area contributed by atoms with Crippen LogP contribution in [0.5, 0.6) is 11.5 Å². The molecule has 1 saturated heterocycles. The second kappa shape index (κ2) is 6.55. The molecule has 1 aromatic carbocycles. The van der Waals surface area contributed by atoms with E-state index in [2.05, 4.69) is 5.10 Å². The molecule has 0 bridgehead atoms. The van der Waals surface area contributed by atoms with Gasteiger partial charge in [0.25, 0.3) is 0 Å². The summed E-state index contributed by atoms with van der Waals surface area (Å²) >= 11 is 0. The molecule has 3 heterocycles. The van der Waals surface area contributed by atoms with Gasteiger partial charge >= 0.3 is 0 Å². The van der Waals surface area contributed by atoms with Crippen LogP contribution in [0.1, 0.15) is 24.4 Å². The zero-order valence-electron chi connectivity index (χ0n) is 13.6. The number of piperidine rings is 1. The second-order valence-electron chi connectivity index (χ2n) is 6.28. The normalized spacial score (nSPS) is 20.0. The Morgan fingerprint density at radius 3 is 2.96 bits per heavy atom. The van der Waals surface area contributed by atoms with E-state index in [-0.39, 0.29) is 11.9 Å². The smallest absolute Gasteiger partial charge is 0.227 e. The molecule has 0 saturated carbocycles. The van der Waals surface area contributed by atoms with Crippen LogP contribution in [-0.2, 0) is 11.2 Å². The molecule has 126 valence electrons. The van der Waals surface area contributed by atoms with E-state index < -0.39 is 0 Å². The Morgan fingerprint density at radius 2 is 2.12 bits per heavy atom. The van der Waals surface area contributed by atoms with Gasteiger partial charge in [-0.1, -0.05) is 6.07 Å². The quantitative estimate of drug-likeness (QED) is 0.866. The molecule has 2 aromatic rings. The van der Waals surface area contributed by atoms with E-state index >= 15 is 0 Å². The molecule has 4 rings (SSSR count). The van der Waals surface area contributed by atoms with Crippen molar-refractivity contribution in [1.29, 1.82) is 0 Å². The molecule has 6 heteroatoms. The lowest BCUT2D eigenvalue weighted by atomic mass is 10.0. The molecule has 0 spiro atoms. The van der Waals surface area contributed by atoms with Crippen LogP contribution < -0.4 is 9.47 Å². The van der Waals surface area contributed by atoms with Crippen molar-refractivity contribution in [2.45, 2.75) is 25.3 Å². The number of hydrogen-bond donors (Lipinski definition) is 0. The fraction of sp³-hybridized carbons (Fsp3) is 0.444. The molecule has 0 aliphatic carbocycles. The number of aromatic nitrogens is 2. The van der Waals surface area contributed by atoms with Crippen molar-refractivity contribution >= 4 is 5.91 Å². The molecule has 1 fully saturated rings. The van der Waals surface area contributed by atoms with Gasteiger partial charge < -0.3 is 14.4 Å². The zero-order chi connectivity index (χ0) is 16.4. The minimum atomic E-state index is 0.156. The van der Waals surface area contributed by atoms with E-state index in [0.717, 1.165) is 43.0 Å². The van der Waals surface area contributed by atoms with Crippen molar-refractivity contribution in [3.63, 3.8) is 0 Å². The maximum absolute atomic E-state index is 12.7. The standard InChI is InChI=1S/C18H21N3O3/c22-18(12-14-4-5-16-17(11-14)24-10-9-23-16)20-7-1-3-15(13-20)21-8-2-6-19-21/h2,4-6,8,11,15H,1,3,7,9-10,12-13H2/t15-/m0/s1. The van der Waals surface area contributed by atoms with E-state index in [1.165, 1.54) is 0 Å². The second-order valence-corrected chi connectivity index (χ2v) is 6.28. The number of fused-ring (bicyclic) bond motifs is 1. The van der Waals surface area contributed by atoms with Crippen LogP contribution in [0.15, 0.2) is 36.7 Å². The van der Waals surface area contributed by atoms with Gasteiger partial charge in [-0.15, -0.1) is 0 Å². The van der Waals surface area contributed by atoms with Gasteiger partial charge in [-0.05, 0) is 36.6 Å². The van der Waals surface area contributed by atoms with Crippen LogP contribution in [0.3, 0.4) is 0 Å². The summed E-state index contributed by atoms with van der Waals surface area (Å²) in [6.07, 6.45) is 6.23. The minimum absolute atomic E-state index is 0.156. The number of ether oxygens (including phenoxy) is 2. The van der Waals surface area contributed by atoms with Gasteiger partial charge in [0, 0.05) is 25.5 Å². The first-order valence-corrected chi connectivity index (χ1v) is 8.45. The third-order valence-corrected chi connectivity index (χ3v) is 4.61. The summed E-state index contributed by atoms with van der Waals surface area (Å²) in [5.74, 6) is 1.65.